The maximum Gasteiger partial charge on any atom is 0.410 e. The van der Waals surface area contributed by atoms with E-state index in [0.717, 1.165) is 68.3 Å². The van der Waals surface area contributed by atoms with E-state index in [0.29, 0.717) is 31.7 Å². The summed E-state index contributed by atoms with van der Waals surface area (Å²) in [6.45, 7) is 17.7. The summed E-state index contributed by atoms with van der Waals surface area (Å²) < 4.78 is 13.9. The van der Waals surface area contributed by atoms with Gasteiger partial charge in [-0.2, -0.15) is 0 Å². The van der Waals surface area contributed by atoms with Crippen LogP contribution in [0.4, 0.5) is 4.79 Å². The van der Waals surface area contributed by atoms with Crippen molar-refractivity contribution in [1.29, 1.82) is 0 Å². The molecular weight excluding hydrogens is 482 g/mol. The van der Waals surface area contributed by atoms with Crippen LogP contribution in [0.25, 0.3) is 11.2 Å². The van der Waals surface area contributed by atoms with E-state index >= 15 is 0 Å². The maximum atomic E-state index is 12.6. The third-order valence-electron chi connectivity index (χ3n) is 7.56. The van der Waals surface area contributed by atoms with Gasteiger partial charge in [-0.25, -0.2) is 14.8 Å². The van der Waals surface area contributed by atoms with E-state index in [4.69, 9.17) is 19.4 Å². The normalized spacial score (nSPS) is 19.1. The Bertz CT molecular complexity index is 1060. The molecule has 0 bridgehead atoms. The number of hydrogen-bond donors (Lipinski definition) is 0. The summed E-state index contributed by atoms with van der Waals surface area (Å²) in [6, 6.07) is 1.15. The molecule has 0 radical (unpaired) electrons. The van der Waals surface area contributed by atoms with Gasteiger partial charge in [0.1, 0.15) is 17.8 Å². The van der Waals surface area contributed by atoms with E-state index in [1.54, 1.807) is 0 Å². The molecular formula is C28H47N5O3Si. The number of ether oxygens (including phenoxy) is 2. The number of hydrogen-bond acceptors (Lipinski definition) is 6. The van der Waals surface area contributed by atoms with E-state index in [2.05, 4.69) is 42.4 Å². The van der Waals surface area contributed by atoms with E-state index in [1.807, 2.05) is 31.9 Å². The summed E-state index contributed by atoms with van der Waals surface area (Å²) in [6.07, 6.45) is 8.04. The Balaban J connectivity index is 1.53. The first-order valence-electron chi connectivity index (χ1n) is 14.0. The van der Waals surface area contributed by atoms with Crippen molar-refractivity contribution in [2.45, 2.75) is 96.3 Å². The van der Waals surface area contributed by atoms with Crippen LogP contribution in [0.15, 0.2) is 12.4 Å². The second kappa shape index (κ2) is 11.4. The zero-order valence-corrected chi connectivity index (χ0v) is 25.0. The number of carbonyl (C=O) groups excluding carboxylic acids is 1. The monoisotopic (exact) mass is 529 g/mol. The van der Waals surface area contributed by atoms with Gasteiger partial charge in [0.05, 0.1) is 11.9 Å². The molecule has 0 aliphatic carbocycles. The van der Waals surface area contributed by atoms with Gasteiger partial charge in [-0.15, -0.1) is 0 Å². The number of amides is 1. The van der Waals surface area contributed by atoms with Crippen molar-refractivity contribution >= 4 is 25.3 Å². The maximum absolute atomic E-state index is 12.6. The van der Waals surface area contributed by atoms with Crippen LogP contribution >= 0.6 is 0 Å². The fourth-order valence-electron chi connectivity index (χ4n) is 5.23. The lowest BCUT2D eigenvalue weighted by molar-refractivity contribution is 0.0205. The first-order valence-corrected chi connectivity index (χ1v) is 17.7. The highest BCUT2D eigenvalue weighted by Gasteiger charge is 2.30. The lowest BCUT2D eigenvalue weighted by Crippen LogP contribution is -2.41. The molecule has 2 aliphatic heterocycles. The van der Waals surface area contributed by atoms with Crippen LogP contribution < -0.4 is 0 Å². The molecule has 9 heteroatoms. The van der Waals surface area contributed by atoms with Gasteiger partial charge < -0.3 is 23.8 Å². The lowest BCUT2D eigenvalue weighted by Gasteiger charge is -2.33. The highest BCUT2D eigenvalue weighted by atomic mass is 28.3. The molecule has 37 heavy (non-hydrogen) atoms. The Morgan fingerprint density at radius 2 is 1.70 bits per heavy atom. The largest absolute Gasteiger partial charge is 0.444 e. The van der Waals surface area contributed by atoms with Crippen LogP contribution in [-0.4, -0.2) is 83.9 Å². The van der Waals surface area contributed by atoms with Crippen molar-refractivity contribution in [3.05, 3.63) is 23.7 Å². The SMILES string of the molecule is CN1CCC(c2cnc3c(n2)c(C2CCN(C(=O)OC(C)(C)C)CC2)cn3COCC[Si](C)(C)C)CC1. The first-order chi connectivity index (χ1) is 17.4. The van der Waals surface area contributed by atoms with E-state index in [-0.39, 0.29) is 6.09 Å². The molecule has 8 nitrogen and oxygen atoms in total. The molecule has 4 rings (SSSR count). The van der Waals surface area contributed by atoms with E-state index < -0.39 is 13.7 Å². The van der Waals surface area contributed by atoms with Crippen LogP contribution in [0, 0.1) is 0 Å². The van der Waals surface area contributed by atoms with Gasteiger partial charge in [0.2, 0.25) is 0 Å². The summed E-state index contributed by atoms with van der Waals surface area (Å²) in [5.41, 5.74) is 3.81. The number of nitrogens with zero attached hydrogens (tertiary/aromatic N) is 5. The number of likely N-dealkylation sites (tertiary alicyclic amines) is 2. The Morgan fingerprint density at radius 1 is 1.05 bits per heavy atom. The smallest absolute Gasteiger partial charge is 0.410 e. The molecule has 1 amide bonds. The highest BCUT2D eigenvalue weighted by molar-refractivity contribution is 6.76. The van der Waals surface area contributed by atoms with Crippen LogP contribution in [0.3, 0.4) is 0 Å². The average Bonchev–Trinajstić information content (AvgIpc) is 3.18. The third-order valence-corrected chi connectivity index (χ3v) is 9.27. The molecule has 0 spiro atoms. The Morgan fingerprint density at radius 3 is 2.32 bits per heavy atom. The minimum Gasteiger partial charge on any atom is -0.444 e. The molecule has 2 aromatic heterocycles. The molecule has 2 aliphatic rings. The molecule has 2 aromatic rings. The minimum atomic E-state index is -1.14. The van der Waals surface area contributed by atoms with Gasteiger partial charge in [0, 0.05) is 45.4 Å². The van der Waals surface area contributed by atoms with Crippen LogP contribution in [0.2, 0.25) is 25.7 Å². The summed E-state index contributed by atoms with van der Waals surface area (Å²) in [5, 5.41) is 0. The fourth-order valence-corrected chi connectivity index (χ4v) is 5.99. The second-order valence-electron chi connectivity index (χ2n) is 13.2. The topological polar surface area (TPSA) is 72.7 Å². The second-order valence-corrected chi connectivity index (χ2v) is 18.8. The number of rotatable bonds is 7. The lowest BCUT2D eigenvalue weighted by atomic mass is 9.90. The number of aromatic nitrogens is 3. The molecule has 0 N–H and O–H groups in total. The van der Waals surface area contributed by atoms with Crippen molar-refractivity contribution in [3.8, 4) is 0 Å². The fraction of sp³-hybridized carbons (Fsp3) is 0.750. The Labute approximate surface area is 223 Å². The molecule has 206 valence electrons. The van der Waals surface area contributed by atoms with Crippen molar-refractivity contribution < 1.29 is 14.3 Å². The van der Waals surface area contributed by atoms with Gasteiger partial charge in [-0.3, -0.25) is 0 Å². The van der Waals surface area contributed by atoms with Crippen molar-refractivity contribution in [2.24, 2.45) is 0 Å². The molecule has 0 atom stereocenters. The third kappa shape index (κ3) is 7.54. The zero-order chi connectivity index (χ0) is 26.8. The summed E-state index contributed by atoms with van der Waals surface area (Å²) >= 11 is 0. The van der Waals surface area contributed by atoms with Crippen LogP contribution in [-0.2, 0) is 16.2 Å². The molecule has 0 saturated carbocycles. The van der Waals surface area contributed by atoms with Gasteiger partial charge in [0.15, 0.2) is 5.65 Å². The molecule has 0 aromatic carbocycles. The predicted molar refractivity (Wildman–Crippen MR) is 151 cm³/mol. The van der Waals surface area contributed by atoms with Crippen molar-refractivity contribution in [3.63, 3.8) is 0 Å². The molecule has 2 saturated heterocycles. The summed E-state index contributed by atoms with van der Waals surface area (Å²) in [4.78, 5) is 27.0. The highest BCUT2D eigenvalue weighted by Crippen LogP contribution is 2.35. The first kappa shape index (κ1) is 28.0. The molecule has 4 heterocycles. The number of fused-ring (bicyclic) bond motifs is 1. The minimum absolute atomic E-state index is 0.214. The van der Waals surface area contributed by atoms with E-state index in [9.17, 15) is 4.79 Å². The van der Waals surface area contributed by atoms with Gasteiger partial charge in [-0.1, -0.05) is 19.6 Å². The van der Waals surface area contributed by atoms with Crippen molar-refractivity contribution in [2.75, 3.05) is 39.8 Å². The molecule has 0 unspecified atom stereocenters. The van der Waals surface area contributed by atoms with Crippen LogP contribution in [0.1, 0.15) is 69.5 Å². The predicted octanol–water partition coefficient (Wildman–Crippen LogP) is 5.67. The number of piperidine rings is 2. The number of carbonyl (C=O) groups is 1. The summed E-state index contributed by atoms with van der Waals surface area (Å²) in [5.74, 6) is 0.803. The van der Waals surface area contributed by atoms with Gasteiger partial charge in [0.25, 0.3) is 0 Å². The van der Waals surface area contributed by atoms with E-state index in [1.165, 1.54) is 5.56 Å². The van der Waals surface area contributed by atoms with Gasteiger partial charge >= 0.3 is 6.09 Å². The zero-order valence-electron chi connectivity index (χ0n) is 24.0. The Hall–Kier alpha value is -1.97. The van der Waals surface area contributed by atoms with Gasteiger partial charge in [-0.05, 0) is 78.6 Å². The molecule has 2 fully saturated rings. The summed E-state index contributed by atoms with van der Waals surface area (Å²) in [7, 11) is 1.05. The van der Waals surface area contributed by atoms with Crippen LogP contribution in [0.5, 0.6) is 0 Å². The average molecular weight is 530 g/mol. The quantitative estimate of drug-likeness (QED) is 0.340. The van der Waals surface area contributed by atoms with Crippen molar-refractivity contribution in [1.82, 2.24) is 24.3 Å². The Kier molecular flexibility index (Phi) is 8.65. The standard InChI is InChI=1S/C28H47N5O3Si/c1-28(2,3)36-27(34)32-14-10-21(11-15-32)23-19-33(20-35-16-17-37(5,6)7)26-25(23)30-24(18-29-26)22-8-12-31(4)13-9-22/h18-19,21-22H,8-17,20H2,1-7H3.